The van der Waals surface area contributed by atoms with Crippen molar-refractivity contribution < 1.29 is 28.3 Å². The molecule has 0 aliphatic heterocycles. The van der Waals surface area contributed by atoms with Crippen LogP contribution < -0.4 is 20.4 Å². The highest BCUT2D eigenvalue weighted by molar-refractivity contribution is 5.92. The highest BCUT2D eigenvalue weighted by atomic mass is 16.5. The lowest BCUT2D eigenvalue weighted by Gasteiger charge is -2.18. The molecule has 0 aliphatic carbocycles. The fourth-order valence-corrected chi connectivity index (χ4v) is 4.62. The summed E-state index contributed by atoms with van der Waals surface area (Å²) < 4.78 is 15.9. The number of carbonyl (C=O) groups excluding carboxylic acids is 3. The molecule has 3 aromatic carbocycles. The Balaban J connectivity index is 1.54. The van der Waals surface area contributed by atoms with Gasteiger partial charge in [0.05, 0.1) is 17.4 Å². The summed E-state index contributed by atoms with van der Waals surface area (Å²) in [6, 6.07) is 22.9. The number of nitrogens with one attached hydrogen (secondary N) is 1. The van der Waals surface area contributed by atoms with Gasteiger partial charge in [0.15, 0.2) is 0 Å². The third-order valence-electron chi connectivity index (χ3n) is 6.33. The summed E-state index contributed by atoms with van der Waals surface area (Å²) in [4.78, 5) is 48.9. The first kappa shape index (κ1) is 27.3. The largest absolute Gasteiger partial charge is 0.426 e. The van der Waals surface area contributed by atoms with Crippen LogP contribution in [0, 0.1) is 6.92 Å². The Hall–Kier alpha value is -4.72. The summed E-state index contributed by atoms with van der Waals surface area (Å²) in [5, 5.41) is 3.26. The SMILES string of the molecule is CC(=O)Oc1cc(OC(C)=O)c2c(C)c(CC(=O)NCCC(c3ccccc3)c3ccccc3)c(=O)oc2c1. The zero-order valence-corrected chi connectivity index (χ0v) is 22.0. The van der Waals surface area contributed by atoms with E-state index in [2.05, 4.69) is 29.6 Å². The van der Waals surface area contributed by atoms with Crippen LogP contribution in [0.2, 0.25) is 0 Å². The lowest BCUT2D eigenvalue weighted by molar-refractivity contribution is -0.132. The molecule has 0 spiro atoms. The summed E-state index contributed by atoms with van der Waals surface area (Å²) in [5.74, 6) is -1.31. The monoisotopic (exact) mass is 527 g/mol. The summed E-state index contributed by atoms with van der Waals surface area (Å²) in [6.07, 6.45) is 0.456. The van der Waals surface area contributed by atoms with E-state index in [9.17, 15) is 19.2 Å². The van der Waals surface area contributed by atoms with Crippen LogP contribution in [0.1, 0.15) is 48.4 Å². The average Bonchev–Trinajstić information content (AvgIpc) is 2.89. The van der Waals surface area contributed by atoms with E-state index < -0.39 is 17.6 Å². The number of fused-ring (bicyclic) bond motifs is 1. The second-order valence-electron chi connectivity index (χ2n) is 9.16. The Morgan fingerprint density at radius 2 is 1.46 bits per heavy atom. The molecule has 4 aromatic rings. The van der Waals surface area contributed by atoms with E-state index in [1.54, 1.807) is 6.92 Å². The molecule has 8 heteroatoms. The lowest BCUT2D eigenvalue weighted by atomic mass is 9.88. The minimum Gasteiger partial charge on any atom is -0.426 e. The molecule has 0 aliphatic rings. The van der Waals surface area contributed by atoms with Crippen LogP contribution in [0.5, 0.6) is 11.5 Å². The molecular weight excluding hydrogens is 498 g/mol. The van der Waals surface area contributed by atoms with Gasteiger partial charge in [-0.15, -0.1) is 0 Å². The van der Waals surface area contributed by atoms with Crippen molar-refractivity contribution in [1.29, 1.82) is 0 Å². The third-order valence-corrected chi connectivity index (χ3v) is 6.33. The first-order valence-electron chi connectivity index (χ1n) is 12.6. The van der Waals surface area contributed by atoms with E-state index in [-0.39, 0.29) is 40.9 Å². The van der Waals surface area contributed by atoms with Crippen molar-refractivity contribution >= 4 is 28.8 Å². The van der Waals surface area contributed by atoms with Crippen LogP contribution in [-0.2, 0) is 20.8 Å². The fourth-order valence-electron chi connectivity index (χ4n) is 4.62. The number of esters is 2. The molecule has 0 fully saturated rings. The normalized spacial score (nSPS) is 10.9. The molecule has 4 rings (SSSR count). The average molecular weight is 528 g/mol. The van der Waals surface area contributed by atoms with Crippen molar-refractivity contribution in [2.75, 3.05) is 6.54 Å². The molecular formula is C31H29NO7. The maximum Gasteiger partial charge on any atom is 0.340 e. The quantitative estimate of drug-likeness (QED) is 0.188. The first-order valence-corrected chi connectivity index (χ1v) is 12.6. The van der Waals surface area contributed by atoms with Gasteiger partial charge in [0.25, 0.3) is 0 Å². The minimum atomic E-state index is -0.699. The van der Waals surface area contributed by atoms with Gasteiger partial charge >= 0.3 is 17.6 Å². The second-order valence-corrected chi connectivity index (χ2v) is 9.16. The van der Waals surface area contributed by atoms with Crippen molar-refractivity contribution in [3.05, 3.63) is 105 Å². The maximum atomic E-state index is 12.9. The van der Waals surface area contributed by atoms with Gasteiger partial charge in [-0.2, -0.15) is 0 Å². The molecule has 1 aromatic heterocycles. The highest BCUT2D eigenvalue weighted by Crippen LogP contribution is 2.34. The van der Waals surface area contributed by atoms with Gasteiger partial charge in [0, 0.05) is 38.4 Å². The van der Waals surface area contributed by atoms with E-state index in [0.29, 0.717) is 23.9 Å². The molecule has 1 N–H and O–H groups in total. The van der Waals surface area contributed by atoms with Crippen LogP contribution in [0.4, 0.5) is 0 Å². The number of rotatable bonds is 9. The second kappa shape index (κ2) is 12.2. The van der Waals surface area contributed by atoms with Gasteiger partial charge < -0.3 is 19.2 Å². The van der Waals surface area contributed by atoms with Gasteiger partial charge in [0.1, 0.15) is 17.1 Å². The fraction of sp³-hybridized carbons (Fsp3) is 0.226. The Bertz CT molecular complexity index is 1520. The van der Waals surface area contributed by atoms with Crippen molar-refractivity contribution in [2.45, 2.75) is 39.5 Å². The predicted molar refractivity (Wildman–Crippen MR) is 146 cm³/mol. The lowest BCUT2D eigenvalue weighted by Crippen LogP contribution is -2.29. The summed E-state index contributed by atoms with van der Waals surface area (Å²) in [6.45, 7) is 4.50. The van der Waals surface area contributed by atoms with Crippen LogP contribution in [0.15, 0.2) is 82.0 Å². The third kappa shape index (κ3) is 6.78. The van der Waals surface area contributed by atoms with E-state index in [1.807, 2.05) is 36.4 Å². The van der Waals surface area contributed by atoms with Crippen molar-refractivity contribution in [3.63, 3.8) is 0 Å². The smallest absolute Gasteiger partial charge is 0.340 e. The van der Waals surface area contributed by atoms with Crippen LogP contribution in [0.3, 0.4) is 0 Å². The highest BCUT2D eigenvalue weighted by Gasteiger charge is 2.21. The van der Waals surface area contributed by atoms with Crippen molar-refractivity contribution in [2.24, 2.45) is 0 Å². The Morgan fingerprint density at radius 1 is 0.872 bits per heavy atom. The molecule has 0 saturated carbocycles. The molecule has 1 amide bonds. The van der Waals surface area contributed by atoms with Crippen molar-refractivity contribution in [1.82, 2.24) is 5.32 Å². The number of hydrogen-bond donors (Lipinski definition) is 1. The van der Waals surface area contributed by atoms with E-state index in [1.165, 1.54) is 26.0 Å². The molecule has 0 bridgehead atoms. The Labute approximate surface area is 225 Å². The van der Waals surface area contributed by atoms with E-state index in [4.69, 9.17) is 13.9 Å². The summed E-state index contributed by atoms with van der Waals surface area (Å²) in [5.41, 5.74) is 2.26. The molecule has 200 valence electrons. The summed E-state index contributed by atoms with van der Waals surface area (Å²) in [7, 11) is 0. The van der Waals surface area contributed by atoms with E-state index in [0.717, 1.165) is 11.1 Å². The molecule has 0 unspecified atom stereocenters. The number of amides is 1. The number of ether oxygens (including phenoxy) is 2. The molecule has 39 heavy (non-hydrogen) atoms. The standard InChI is InChI=1S/C31H29NO7/c1-19-26(31(36)39-28-17-24(37-20(2)33)16-27(30(19)28)38-21(3)34)18-29(35)32-15-14-25(22-10-6-4-7-11-22)23-12-8-5-9-13-23/h4-13,16-17,25H,14-15,18H2,1-3H3,(H,32,35). The minimum absolute atomic E-state index is 0.0608. The molecule has 0 radical (unpaired) electrons. The number of carbonyl (C=O) groups is 3. The molecule has 0 atom stereocenters. The van der Waals surface area contributed by atoms with Gasteiger partial charge in [-0.25, -0.2) is 4.79 Å². The van der Waals surface area contributed by atoms with Gasteiger partial charge in [-0.3, -0.25) is 14.4 Å². The van der Waals surface area contributed by atoms with Crippen LogP contribution >= 0.6 is 0 Å². The number of benzene rings is 3. The Morgan fingerprint density at radius 3 is 2.03 bits per heavy atom. The van der Waals surface area contributed by atoms with Gasteiger partial charge in [0.2, 0.25) is 5.91 Å². The number of hydrogen-bond acceptors (Lipinski definition) is 7. The van der Waals surface area contributed by atoms with Gasteiger partial charge in [-0.05, 0) is 30.0 Å². The van der Waals surface area contributed by atoms with Crippen molar-refractivity contribution in [3.8, 4) is 11.5 Å². The molecule has 0 saturated heterocycles. The van der Waals surface area contributed by atoms with Crippen LogP contribution in [-0.4, -0.2) is 24.4 Å². The zero-order valence-electron chi connectivity index (χ0n) is 22.0. The predicted octanol–water partition coefficient (Wildman–Crippen LogP) is 4.83. The zero-order chi connectivity index (χ0) is 27.9. The topological polar surface area (TPSA) is 112 Å². The Kier molecular flexibility index (Phi) is 8.56. The van der Waals surface area contributed by atoms with E-state index >= 15 is 0 Å². The number of aryl methyl sites for hydroxylation is 1. The first-order chi connectivity index (χ1) is 18.7. The maximum absolute atomic E-state index is 12.9. The molecule has 1 heterocycles. The summed E-state index contributed by atoms with van der Waals surface area (Å²) >= 11 is 0. The van der Waals surface area contributed by atoms with Crippen LogP contribution in [0.25, 0.3) is 11.0 Å². The van der Waals surface area contributed by atoms with Gasteiger partial charge in [-0.1, -0.05) is 60.7 Å². The molecule has 8 nitrogen and oxygen atoms in total.